The van der Waals surface area contributed by atoms with Gasteiger partial charge in [-0.2, -0.15) is 0 Å². The first-order chi connectivity index (χ1) is 8.79. The summed E-state index contributed by atoms with van der Waals surface area (Å²) in [5.41, 5.74) is -0.0879. The van der Waals surface area contributed by atoms with Gasteiger partial charge in [-0.1, -0.05) is 23.7 Å². The quantitative estimate of drug-likeness (QED) is 0.863. The van der Waals surface area contributed by atoms with Gasteiger partial charge in [0, 0.05) is 5.02 Å². The third-order valence-corrected chi connectivity index (χ3v) is 4.00. The van der Waals surface area contributed by atoms with Gasteiger partial charge in [-0.25, -0.2) is 4.39 Å². The van der Waals surface area contributed by atoms with Gasteiger partial charge >= 0.3 is 5.97 Å². The number of carboxylic acids is 1. The molecule has 0 heterocycles. The van der Waals surface area contributed by atoms with E-state index in [2.05, 4.69) is 0 Å². The summed E-state index contributed by atoms with van der Waals surface area (Å²) in [6.07, 6.45) is 2.18. The number of benzene rings is 1. The first-order valence-electron chi connectivity index (χ1n) is 6.49. The highest BCUT2D eigenvalue weighted by atomic mass is 35.5. The van der Waals surface area contributed by atoms with E-state index in [0.717, 1.165) is 18.4 Å². The van der Waals surface area contributed by atoms with Gasteiger partial charge in [-0.15, -0.1) is 0 Å². The minimum atomic E-state index is -1.44. The summed E-state index contributed by atoms with van der Waals surface area (Å²) < 4.78 is 13.9. The van der Waals surface area contributed by atoms with Crippen molar-refractivity contribution < 1.29 is 14.3 Å². The fraction of sp³-hybridized carbons (Fsp3) is 0.533. The monoisotopic (exact) mass is 284 g/mol. The van der Waals surface area contributed by atoms with Gasteiger partial charge in [0.05, 0.1) is 6.42 Å². The molecule has 0 aliphatic heterocycles. The van der Waals surface area contributed by atoms with E-state index in [9.17, 15) is 9.18 Å². The molecule has 1 N–H and O–H groups in total. The maximum absolute atomic E-state index is 13.9. The fourth-order valence-electron chi connectivity index (χ4n) is 2.41. The number of rotatable bonds is 5. The maximum atomic E-state index is 13.9. The second kappa shape index (κ2) is 5.12. The lowest BCUT2D eigenvalue weighted by molar-refractivity contribution is -0.137. The molecule has 1 aliphatic rings. The molecule has 0 spiro atoms. The second-order valence-electron chi connectivity index (χ2n) is 5.75. The Hall–Kier alpha value is -1.09. The zero-order valence-electron chi connectivity index (χ0n) is 11.1. The Labute approximate surface area is 117 Å². The number of carboxylic acid groups (broad SMARTS) is 1. The largest absolute Gasteiger partial charge is 0.481 e. The topological polar surface area (TPSA) is 37.3 Å². The van der Waals surface area contributed by atoms with Gasteiger partial charge in [-0.05, 0) is 55.7 Å². The van der Waals surface area contributed by atoms with Crippen molar-refractivity contribution in [1.82, 2.24) is 0 Å². The average molecular weight is 285 g/mol. The predicted octanol–water partition coefficient (Wildman–Crippen LogP) is 4.51. The van der Waals surface area contributed by atoms with Crippen molar-refractivity contribution in [2.24, 2.45) is 5.92 Å². The Morgan fingerprint density at radius 1 is 1.53 bits per heavy atom. The van der Waals surface area contributed by atoms with Crippen LogP contribution < -0.4 is 0 Å². The Morgan fingerprint density at radius 2 is 2.16 bits per heavy atom. The Bertz CT molecular complexity index is 489. The molecule has 1 saturated carbocycles. The first-order valence-corrected chi connectivity index (χ1v) is 6.87. The van der Waals surface area contributed by atoms with Crippen molar-refractivity contribution in [3.05, 3.63) is 34.3 Å². The molecule has 4 heteroatoms. The van der Waals surface area contributed by atoms with E-state index in [1.807, 2.05) is 0 Å². The lowest BCUT2D eigenvalue weighted by Gasteiger charge is -2.20. The van der Waals surface area contributed by atoms with Crippen LogP contribution in [0.25, 0.3) is 0 Å². The molecule has 0 amide bonds. The van der Waals surface area contributed by atoms with Crippen molar-refractivity contribution in [3.8, 4) is 0 Å². The van der Waals surface area contributed by atoms with E-state index in [4.69, 9.17) is 16.7 Å². The molecular formula is C15H18ClFO2. The van der Waals surface area contributed by atoms with Crippen LogP contribution in [0.1, 0.15) is 50.2 Å². The molecule has 1 fully saturated rings. The van der Waals surface area contributed by atoms with Crippen LogP contribution in [-0.4, -0.2) is 11.1 Å². The summed E-state index contributed by atoms with van der Waals surface area (Å²) in [4.78, 5) is 10.9. The molecule has 0 aromatic heterocycles. The number of alkyl halides is 1. The van der Waals surface area contributed by atoms with Gasteiger partial charge in [0.25, 0.3) is 0 Å². The van der Waals surface area contributed by atoms with Crippen molar-refractivity contribution in [2.45, 2.75) is 44.7 Å². The first kappa shape index (κ1) is 14.3. The van der Waals surface area contributed by atoms with Gasteiger partial charge < -0.3 is 5.11 Å². The van der Waals surface area contributed by atoms with Crippen LogP contribution in [0, 0.1) is 5.92 Å². The molecule has 1 aromatic rings. The third kappa shape index (κ3) is 3.47. The molecule has 1 atom stereocenters. The lowest BCUT2D eigenvalue weighted by atomic mass is 9.89. The van der Waals surface area contributed by atoms with Crippen LogP contribution in [-0.2, 0) is 10.5 Å². The molecule has 0 saturated heterocycles. The van der Waals surface area contributed by atoms with E-state index in [1.165, 1.54) is 13.8 Å². The minimum absolute atomic E-state index is 0.0539. The van der Waals surface area contributed by atoms with E-state index >= 15 is 0 Å². The summed E-state index contributed by atoms with van der Waals surface area (Å²) in [5, 5.41) is 9.47. The molecule has 1 aromatic carbocycles. The number of carbonyl (C=O) groups is 1. The number of hydrogen-bond acceptors (Lipinski definition) is 1. The molecule has 19 heavy (non-hydrogen) atoms. The number of halogens is 2. The predicted molar refractivity (Wildman–Crippen MR) is 73.3 cm³/mol. The van der Waals surface area contributed by atoms with Gasteiger partial charge in [-0.3, -0.25) is 4.79 Å². The summed E-state index contributed by atoms with van der Waals surface area (Å²) in [6, 6.07) is 5.11. The van der Waals surface area contributed by atoms with Crippen LogP contribution in [0.15, 0.2) is 18.2 Å². The number of hydrogen-bond donors (Lipinski definition) is 1. The highest BCUT2D eigenvalue weighted by molar-refractivity contribution is 6.31. The summed E-state index contributed by atoms with van der Waals surface area (Å²) in [5.74, 6) is -0.470. The van der Waals surface area contributed by atoms with Gasteiger partial charge in [0.1, 0.15) is 5.67 Å². The smallest absolute Gasteiger partial charge is 0.303 e. The lowest BCUT2D eigenvalue weighted by Crippen LogP contribution is -2.12. The Kier molecular flexibility index (Phi) is 3.86. The maximum Gasteiger partial charge on any atom is 0.303 e. The Morgan fingerprint density at radius 3 is 2.58 bits per heavy atom. The molecule has 2 nitrogen and oxygen atoms in total. The Balaban J connectivity index is 2.30. The summed E-state index contributed by atoms with van der Waals surface area (Å²) in [7, 11) is 0. The van der Waals surface area contributed by atoms with E-state index in [-0.39, 0.29) is 12.3 Å². The molecule has 1 aliphatic carbocycles. The molecule has 0 bridgehead atoms. The molecule has 2 rings (SSSR count). The van der Waals surface area contributed by atoms with Gasteiger partial charge in [0.15, 0.2) is 0 Å². The number of aliphatic carboxylic acids is 1. The highest BCUT2D eigenvalue weighted by Gasteiger charge is 2.35. The van der Waals surface area contributed by atoms with Crippen LogP contribution >= 0.6 is 11.6 Å². The minimum Gasteiger partial charge on any atom is -0.481 e. The van der Waals surface area contributed by atoms with Crippen molar-refractivity contribution in [2.75, 3.05) is 0 Å². The zero-order valence-corrected chi connectivity index (χ0v) is 11.9. The van der Waals surface area contributed by atoms with Crippen molar-refractivity contribution in [1.29, 1.82) is 0 Å². The standard InChI is InChI=1S/C15H18ClFO2/c1-15(2,17)10-5-6-11(13(16)7-10)12(8-14(18)19)9-3-4-9/h5-7,9,12H,3-4,8H2,1-2H3,(H,18,19). The SMILES string of the molecule is CC(C)(F)c1ccc(C(CC(=O)O)C2CC2)c(Cl)c1. The zero-order chi connectivity index (χ0) is 14.2. The van der Waals surface area contributed by atoms with Crippen LogP contribution in [0.2, 0.25) is 5.02 Å². The van der Waals surface area contributed by atoms with Crippen LogP contribution in [0.4, 0.5) is 4.39 Å². The van der Waals surface area contributed by atoms with E-state index < -0.39 is 11.6 Å². The summed E-state index contributed by atoms with van der Waals surface area (Å²) in [6.45, 7) is 2.96. The highest BCUT2D eigenvalue weighted by Crippen LogP contribution is 2.46. The van der Waals surface area contributed by atoms with Crippen molar-refractivity contribution >= 4 is 17.6 Å². The second-order valence-corrected chi connectivity index (χ2v) is 6.16. The normalized spacial score (nSPS) is 17.3. The molecule has 1 unspecified atom stereocenters. The van der Waals surface area contributed by atoms with E-state index in [1.54, 1.807) is 18.2 Å². The molecule has 0 radical (unpaired) electrons. The molecular weight excluding hydrogens is 267 g/mol. The van der Waals surface area contributed by atoms with Crippen molar-refractivity contribution in [3.63, 3.8) is 0 Å². The van der Waals surface area contributed by atoms with Crippen LogP contribution in [0.3, 0.4) is 0 Å². The third-order valence-electron chi connectivity index (χ3n) is 3.67. The van der Waals surface area contributed by atoms with Gasteiger partial charge in [0.2, 0.25) is 0 Å². The van der Waals surface area contributed by atoms with Crippen LogP contribution in [0.5, 0.6) is 0 Å². The fourth-order valence-corrected chi connectivity index (χ4v) is 2.74. The average Bonchev–Trinajstić information content (AvgIpc) is 3.08. The summed E-state index contributed by atoms with van der Waals surface area (Å²) >= 11 is 6.23. The van der Waals surface area contributed by atoms with E-state index in [0.29, 0.717) is 16.5 Å². The molecule has 104 valence electrons.